The van der Waals surface area contributed by atoms with Gasteiger partial charge < -0.3 is 4.90 Å². The van der Waals surface area contributed by atoms with E-state index in [1.54, 1.807) is 0 Å². The van der Waals surface area contributed by atoms with E-state index in [1.165, 1.54) is 19.6 Å². The molecule has 1 fully saturated rings. The molecule has 0 spiro atoms. The van der Waals surface area contributed by atoms with Gasteiger partial charge in [0.1, 0.15) is 0 Å². The van der Waals surface area contributed by atoms with Crippen LogP contribution < -0.4 is 0 Å². The molecule has 1 rings (SSSR count). The molecule has 0 saturated carbocycles. The van der Waals surface area contributed by atoms with Crippen LogP contribution in [0.15, 0.2) is 0 Å². The van der Waals surface area contributed by atoms with Crippen LogP contribution in [0.4, 0.5) is 0 Å². The van der Waals surface area contributed by atoms with Crippen LogP contribution in [0, 0.1) is 17.2 Å². The number of hydrogen-bond donors (Lipinski definition) is 0. The molecule has 0 bridgehead atoms. The molecular weight excluding hydrogens is 198 g/mol. The highest BCUT2D eigenvalue weighted by atomic mass is 15.3. The Morgan fingerprint density at radius 2 is 1.81 bits per heavy atom. The molecule has 0 aliphatic carbocycles. The number of piperazine rings is 1. The number of rotatable bonds is 5. The molecule has 0 N–H and O–H groups in total. The van der Waals surface area contributed by atoms with Gasteiger partial charge in [0.05, 0.1) is 12.5 Å². The minimum Gasteiger partial charge on any atom is -0.301 e. The summed E-state index contributed by atoms with van der Waals surface area (Å²) < 4.78 is 0. The third-order valence-electron chi connectivity index (χ3n) is 3.34. The third-order valence-corrected chi connectivity index (χ3v) is 3.34. The van der Waals surface area contributed by atoms with Gasteiger partial charge in [0.25, 0.3) is 0 Å². The van der Waals surface area contributed by atoms with Crippen LogP contribution in [-0.4, -0.2) is 48.6 Å². The van der Waals surface area contributed by atoms with Crippen molar-refractivity contribution in [2.24, 2.45) is 5.92 Å². The van der Waals surface area contributed by atoms with Crippen LogP contribution >= 0.6 is 0 Å². The topological polar surface area (TPSA) is 30.3 Å². The van der Waals surface area contributed by atoms with Crippen molar-refractivity contribution >= 4 is 0 Å². The second-order valence-corrected chi connectivity index (χ2v) is 5.15. The van der Waals surface area contributed by atoms with Gasteiger partial charge in [0, 0.05) is 38.8 Å². The SMILES string of the molecule is CCC(CC#N)N1CCN(CC(C)C)CC1. The van der Waals surface area contributed by atoms with Gasteiger partial charge in [-0.2, -0.15) is 5.26 Å². The summed E-state index contributed by atoms with van der Waals surface area (Å²) in [5.74, 6) is 0.757. The van der Waals surface area contributed by atoms with Crippen LogP contribution in [0.25, 0.3) is 0 Å². The zero-order valence-corrected chi connectivity index (χ0v) is 10.9. The van der Waals surface area contributed by atoms with Crippen molar-refractivity contribution in [2.45, 2.75) is 39.7 Å². The van der Waals surface area contributed by atoms with E-state index >= 15 is 0 Å². The highest BCUT2D eigenvalue weighted by Crippen LogP contribution is 2.12. The molecule has 0 aromatic heterocycles. The summed E-state index contributed by atoms with van der Waals surface area (Å²) in [5, 5.41) is 8.78. The van der Waals surface area contributed by atoms with E-state index in [0.717, 1.165) is 25.4 Å². The molecule has 1 heterocycles. The molecule has 3 heteroatoms. The van der Waals surface area contributed by atoms with Crippen molar-refractivity contribution in [1.82, 2.24) is 9.80 Å². The molecule has 1 aliphatic rings. The molecule has 3 nitrogen and oxygen atoms in total. The highest BCUT2D eigenvalue weighted by Gasteiger charge is 2.22. The van der Waals surface area contributed by atoms with Crippen LogP contribution in [0.1, 0.15) is 33.6 Å². The second-order valence-electron chi connectivity index (χ2n) is 5.15. The van der Waals surface area contributed by atoms with E-state index in [4.69, 9.17) is 5.26 Å². The summed E-state index contributed by atoms with van der Waals surface area (Å²) in [5.41, 5.74) is 0. The molecule has 0 aromatic rings. The first-order chi connectivity index (χ1) is 7.67. The smallest absolute Gasteiger partial charge is 0.0638 e. The first kappa shape index (κ1) is 13.5. The summed E-state index contributed by atoms with van der Waals surface area (Å²) in [6.07, 6.45) is 1.78. The van der Waals surface area contributed by atoms with E-state index in [1.807, 2.05) is 0 Å². The lowest BCUT2D eigenvalue weighted by Crippen LogP contribution is -2.50. The van der Waals surface area contributed by atoms with E-state index in [2.05, 4.69) is 36.6 Å². The van der Waals surface area contributed by atoms with E-state index < -0.39 is 0 Å². The summed E-state index contributed by atoms with van der Waals surface area (Å²) in [7, 11) is 0. The normalized spacial score (nSPS) is 20.9. The Hall–Kier alpha value is -0.590. The minimum atomic E-state index is 0.478. The van der Waals surface area contributed by atoms with E-state index in [-0.39, 0.29) is 0 Å². The van der Waals surface area contributed by atoms with Crippen LogP contribution in [0.3, 0.4) is 0 Å². The fourth-order valence-corrected chi connectivity index (χ4v) is 2.46. The van der Waals surface area contributed by atoms with Gasteiger partial charge in [0.2, 0.25) is 0 Å². The van der Waals surface area contributed by atoms with Crippen molar-refractivity contribution in [2.75, 3.05) is 32.7 Å². The summed E-state index contributed by atoms with van der Waals surface area (Å²) in [4.78, 5) is 5.03. The predicted octanol–water partition coefficient (Wildman–Crippen LogP) is 1.95. The van der Waals surface area contributed by atoms with Crippen molar-refractivity contribution in [3.05, 3.63) is 0 Å². The molecule has 0 aromatic carbocycles. The Morgan fingerprint density at radius 3 is 2.25 bits per heavy atom. The summed E-state index contributed by atoms with van der Waals surface area (Å²) >= 11 is 0. The number of nitrogens with zero attached hydrogens (tertiary/aromatic N) is 3. The first-order valence-electron chi connectivity index (χ1n) is 6.50. The number of hydrogen-bond acceptors (Lipinski definition) is 3. The Balaban J connectivity index is 2.33. The van der Waals surface area contributed by atoms with Crippen LogP contribution in [-0.2, 0) is 0 Å². The maximum absolute atomic E-state index is 8.78. The summed E-state index contributed by atoms with van der Waals surface area (Å²) in [6.45, 7) is 12.5. The number of nitriles is 1. The Kier molecular flexibility index (Phi) is 5.79. The molecule has 16 heavy (non-hydrogen) atoms. The van der Waals surface area contributed by atoms with Crippen molar-refractivity contribution in [1.29, 1.82) is 5.26 Å². The minimum absolute atomic E-state index is 0.478. The fourth-order valence-electron chi connectivity index (χ4n) is 2.46. The summed E-state index contributed by atoms with van der Waals surface area (Å²) in [6, 6.07) is 2.78. The van der Waals surface area contributed by atoms with Crippen molar-refractivity contribution in [3.63, 3.8) is 0 Å². The maximum atomic E-state index is 8.78. The zero-order chi connectivity index (χ0) is 12.0. The second kappa shape index (κ2) is 6.88. The lowest BCUT2D eigenvalue weighted by Gasteiger charge is -2.39. The van der Waals surface area contributed by atoms with Gasteiger partial charge in [-0.3, -0.25) is 4.90 Å². The van der Waals surface area contributed by atoms with E-state index in [9.17, 15) is 0 Å². The third kappa shape index (κ3) is 4.11. The Bertz CT molecular complexity index is 224. The Labute approximate surface area is 100 Å². The zero-order valence-electron chi connectivity index (χ0n) is 10.9. The van der Waals surface area contributed by atoms with Gasteiger partial charge >= 0.3 is 0 Å². The fraction of sp³-hybridized carbons (Fsp3) is 0.923. The molecular formula is C13H25N3. The van der Waals surface area contributed by atoms with E-state index in [0.29, 0.717) is 12.5 Å². The van der Waals surface area contributed by atoms with Gasteiger partial charge in [0.15, 0.2) is 0 Å². The molecule has 92 valence electrons. The largest absolute Gasteiger partial charge is 0.301 e. The molecule has 1 saturated heterocycles. The van der Waals surface area contributed by atoms with Gasteiger partial charge in [-0.15, -0.1) is 0 Å². The van der Waals surface area contributed by atoms with Crippen molar-refractivity contribution in [3.8, 4) is 6.07 Å². The average Bonchev–Trinajstić information content (AvgIpc) is 2.26. The monoisotopic (exact) mass is 223 g/mol. The molecule has 1 aliphatic heterocycles. The van der Waals surface area contributed by atoms with Gasteiger partial charge in [-0.1, -0.05) is 20.8 Å². The van der Waals surface area contributed by atoms with Crippen LogP contribution in [0.5, 0.6) is 0 Å². The lowest BCUT2D eigenvalue weighted by molar-refractivity contribution is 0.0885. The quantitative estimate of drug-likeness (QED) is 0.713. The first-order valence-corrected chi connectivity index (χ1v) is 6.50. The average molecular weight is 223 g/mol. The maximum Gasteiger partial charge on any atom is 0.0638 e. The van der Waals surface area contributed by atoms with Gasteiger partial charge in [-0.05, 0) is 12.3 Å². The predicted molar refractivity (Wildman–Crippen MR) is 67.2 cm³/mol. The Morgan fingerprint density at radius 1 is 1.19 bits per heavy atom. The standard InChI is InChI=1S/C13H25N3/c1-4-13(5-6-14)16-9-7-15(8-10-16)11-12(2)3/h12-13H,4-5,7-11H2,1-3H3. The molecule has 0 amide bonds. The van der Waals surface area contributed by atoms with Crippen molar-refractivity contribution < 1.29 is 0 Å². The highest BCUT2D eigenvalue weighted by molar-refractivity contribution is 4.85. The van der Waals surface area contributed by atoms with Gasteiger partial charge in [-0.25, -0.2) is 0 Å². The lowest BCUT2D eigenvalue weighted by atomic mass is 10.1. The molecule has 1 unspecified atom stereocenters. The molecule has 0 radical (unpaired) electrons. The molecule has 1 atom stereocenters. The van der Waals surface area contributed by atoms with Crippen LogP contribution in [0.2, 0.25) is 0 Å².